The van der Waals surface area contributed by atoms with Crippen LogP contribution in [-0.2, 0) is 11.2 Å². The monoisotopic (exact) mass is 259 g/mol. The molecule has 1 heterocycles. The molecule has 1 aromatic carbocycles. The van der Waals surface area contributed by atoms with Crippen molar-refractivity contribution in [1.82, 2.24) is 4.90 Å². The van der Waals surface area contributed by atoms with E-state index in [1.807, 2.05) is 17.0 Å². The van der Waals surface area contributed by atoms with E-state index in [9.17, 15) is 4.79 Å². The van der Waals surface area contributed by atoms with Crippen molar-refractivity contribution in [3.05, 3.63) is 42.0 Å². The summed E-state index contributed by atoms with van der Waals surface area (Å²) >= 11 is 0. The van der Waals surface area contributed by atoms with Crippen LogP contribution in [0.4, 0.5) is 0 Å². The maximum Gasteiger partial charge on any atom is 0.223 e. The lowest BCUT2D eigenvalue weighted by Gasteiger charge is -2.14. The summed E-state index contributed by atoms with van der Waals surface area (Å²) in [5, 5.41) is 0. The fraction of sp³-hybridized carbons (Fsp3) is 0.438. The lowest BCUT2D eigenvalue weighted by molar-refractivity contribution is -0.129. The largest absolute Gasteiger partial charge is 0.497 e. The molecule has 0 aromatic heterocycles. The molecule has 0 fully saturated rings. The van der Waals surface area contributed by atoms with Gasteiger partial charge in [0.2, 0.25) is 5.91 Å². The molecule has 19 heavy (non-hydrogen) atoms. The molecule has 3 heteroatoms. The minimum atomic E-state index is 0.278. The van der Waals surface area contributed by atoms with Gasteiger partial charge in [-0.2, -0.15) is 0 Å². The number of unbranched alkanes of at least 4 members (excludes halogenated alkanes) is 1. The molecule has 3 nitrogen and oxygen atoms in total. The average molecular weight is 259 g/mol. The van der Waals surface area contributed by atoms with Gasteiger partial charge in [0, 0.05) is 19.5 Å². The molecule has 1 aromatic rings. The number of carbonyl (C=O) groups is 1. The molecule has 0 radical (unpaired) electrons. The molecule has 1 aliphatic rings. The quantitative estimate of drug-likeness (QED) is 0.581. The molecule has 0 bridgehead atoms. The summed E-state index contributed by atoms with van der Waals surface area (Å²) in [5.74, 6) is 1.17. The first kappa shape index (κ1) is 13.7. The summed E-state index contributed by atoms with van der Waals surface area (Å²) in [4.78, 5) is 13.7. The van der Waals surface area contributed by atoms with Crippen molar-refractivity contribution in [3.8, 4) is 5.75 Å². The number of hydrogen-bond acceptors (Lipinski definition) is 2. The van der Waals surface area contributed by atoms with E-state index in [0.717, 1.165) is 38.1 Å². The molecular weight excluding hydrogens is 238 g/mol. The Bertz CT molecular complexity index is 429. The van der Waals surface area contributed by atoms with Gasteiger partial charge in [0.05, 0.1) is 7.11 Å². The first-order chi connectivity index (χ1) is 9.29. The van der Waals surface area contributed by atoms with Crippen LogP contribution in [0.5, 0.6) is 5.75 Å². The van der Waals surface area contributed by atoms with Crippen molar-refractivity contribution in [2.75, 3.05) is 20.2 Å². The lowest BCUT2D eigenvalue weighted by atomic mass is 10.1. The summed E-state index contributed by atoms with van der Waals surface area (Å²) in [7, 11) is 1.67. The van der Waals surface area contributed by atoms with Crippen molar-refractivity contribution >= 4 is 5.91 Å². The zero-order valence-corrected chi connectivity index (χ0v) is 11.5. The minimum absolute atomic E-state index is 0.278. The SMILES string of the molecule is COc1ccc(CCCCC(=O)N2CC=CC2)cc1. The van der Waals surface area contributed by atoms with Crippen LogP contribution in [0.2, 0.25) is 0 Å². The third-order valence-electron chi connectivity index (χ3n) is 3.44. The number of amides is 1. The molecule has 0 N–H and O–H groups in total. The molecule has 0 atom stereocenters. The summed E-state index contributed by atoms with van der Waals surface area (Å²) in [5.41, 5.74) is 1.30. The van der Waals surface area contributed by atoms with Gasteiger partial charge in [0.25, 0.3) is 0 Å². The highest BCUT2D eigenvalue weighted by atomic mass is 16.5. The first-order valence-electron chi connectivity index (χ1n) is 6.85. The van der Waals surface area contributed by atoms with Crippen LogP contribution >= 0.6 is 0 Å². The molecular formula is C16H21NO2. The van der Waals surface area contributed by atoms with E-state index in [-0.39, 0.29) is 5.91 Å². The smallest absolute Gasteiger partial charge is 0.223 e. The number of carbonyl (C=O) groups excluding carboxylic acids is 1. The number of hydrogen-bond donors (Lipinski definition) is 0. The first-order valence-corrected chi connectivity index (χ1v) is 6.85. The number of methoxy groups -OCH3 is 1. The topological polar surface area (TPSA) is 29.5 Å². The zero-order valence-electron chi connectivity index (χ0n) is 11.5. The van der Waals surface area contributed by atoms with Crippen molar-refractivity contribution in [3.63, 3.8) is 0 Å². The Morgan fingerprint density at radius 2 is 1.84 bits per heavy atom. The number of nitrogens with zero attached hydrogens (tertiary/aromatic N) is 1. The lowest BCUT2D eigenvalue weighted by Crippen LogP contribution is -2.27. The van der Waals surface area contributed by atoms with Gasteiger partial charge in [0.1, 0.15) is 5.75 Å². The molecule has 0 aliphatic carbocycles. The Morgan fingerprint density at radius 1 is 1.16 bits per heavy atom. The van der Waals surface area contributed by atoms with Crippen molar-refractivity contribution in [2.24, 2.45) is 0 Å². The summed E-state index contributed by atoms with van der Waals surface area (Å²) in [6.07, 6.45) is 7.80. The Labute approximate surface area is 114 Å². The fourth-order valence-corrected chi connectivity index (χ4v) is 2.24. The molecule has 0 spiro atoms. The van der Waals surface area contributed by atoms with Crippen LogP contribution in [0.15, 0.2) is 36.4 Å². The van der Waals surface area contributed by atoms with Crippen molar-refractivity contribution in [1.29, 1.82) is 0 Å². The third-order valence-corrected chi connectivity index (χ3v) is 3.44. The van der Waals surface area contributed by atoms with Crippen LogP contribution < -0.4 is 4.74 Å². The molecule has 0 saturated heterocycles. The molecule has 0 unspecified atom stereocenters. The van der Waals surface area contributed by atoms with Gasteiger partial charge >= 0.3 is 0 Å². The molecule has 2 rings (SSSR count). The minimum Gasteiger partial charge on any atom is -0.497 e. The maximum absolute atomic E-state index is 11.8. The normalized spacial score (nSPS) is 13.8. The van der Waals surface area contributed by atoms with Crippen molar-refractivity contribution < 1.29 is 9.53 Å². The van der Waals surface area contributed by atoms with Crippen molar-refractivity contribution in [2.45, 2.75) is 25.7 Å². The van der Waals surface area contributed by atoms with Crippen LogP contribution in [0.1, 0.15) is 24.8 Å². The summed E-state index contributed by atoms with van der Waals surface area (Å²) in [6.45, 7) is 1.58. The van der Waals surface area contributed by atoms with E-state index < -0.39 is 0 Å². The molecule has 1 amide bonds. The second kappa shape index (κ2) is 6.98. The predicted molar refractivity (Wildman–Crippen MR) is 76.3 cm³/mol. The van der Waals surface area contributed by atoms with E-state index in [4.69, 9.17) is 4.74 Å². The Kier molecular flexibility index (Phi) is 5.01. The van der Waals surface area contributed by atoms with Crippen LogP contribution in [0, 0.1) is 0 Å². The number of benzene rings is 1. The van der Waals surface area contributed by atoms with Gasteiger partial charge in [-0.15, -0.1) is 0 Å². The molecule has 102 valence electrons. The second-order valence-electron chi connectivity index (χ2n) is 4.83. The van der Waals surface area contributed by atoms with Gasteiger partial charge in [-0.05, 0) is 37.0 Å². The summed E-state index contributed by atoms with van der Waals surface area (Å²) < 4.78 is 5.13. The van der Waals surface area contributed by atoms with E-state index in [1.165, 1.54) is 5.56 Å². The highest BCUT2D eigenvalue weighted by molar-refractivity contribution is 5.76. The molecule has 0 saturated carbocycles. The van der Waals surface area contributed by atoms with Crippen LogP contribution in [-0.4, -0.2) is 31.0 Å². The average Bonchev–Trinajstić information content (AvgIpc) is 2.98. The van der Waals surface area contributed by atoms with Gasteiger partial charge in [-0.3, -0.25) is 4.79 Å². The highest BCUT2D eigenvalue weighted by Gasteiger charge is 2.12. The fourth-order valence-electron chi connectivity index (χ4n) is 2.24. The van der Waals surface area contributed by atoms with Gasteiger partial charge in [0.15, 0.2) is 0 Å². The van der Waals surface area contributed by atoms with Gasteiger partial charge in [-0.1, -0.05) is 24.3 Å². The number of aryl methyl sites for hydroxylation is 1. The molecule has 1 aliphatic heterocycles. The predicted octanol–water partition coefficient (Wildman–Crippen LogP) is 2.81. The van der Waals surface area contributed by atoms with E-state index in [1.54, 1.807) is 7.11 Å². The van der Waals surface area contributed by atoms with E-state index >= 15 is 0 Å². The van der Waals surface area contributed by atoms with Crippen LogP contribution in [0.3, 0.4) is 0 Å². The van der Waals surface area contributed by atoms with Gasteiger partial charge in [-0.25, -0.2) is 0 Å². The van der Waals surface area contributed by atoms with Gasteiger partial charge < -0.3 is 9.64 Å². The Balaban J connectivity index is 1.64. The zero-order chi connectivity index (χ0) is 13.5. The Morgan fingerprint density at radius 3 is 2.47 bits per heavy atom. The van der Waals surface area contributed by atoms with E-state index in [0.29, 0.717) is 6.42 Å². The second-order valence-corrected chi connectivity index (χ2v) is 4.83. The van der Waals surface area contributed by atoms with E-state index in [2.05, 4.69) is 24.3 Å². The number of ether oxygens (including phenoxy) is 1. The third kappa shape index (κ3) is 4.12. The van der Waals surface area contributed by atoms with Crippen LogP contribution in [0.25, 0.3) is 0 Å². The Hall–Kier alpha value is -1.77. The maximum atomic E-state index is 11.8. The summed E-state index contributed by atoms with van der Waals surface area (Å²) in [6, 6.07) is 8.14. The number of rotatable bonds is 6. The standard InChI is InChI=1S/C16H21NO2/c1-19-15-10-8-14(9-11-15)6-2-3-7-16(18)17-12-4-5-13-17/h4-5,8-11H,2-3,6-7,12-13H2,1H3. The highest BCUT2D eigenvalue weighted by Crippen LogP contribution is 2.14.